The smallest absolute Gasteiger partial charge is 0.333 e. The lowest BCUT2D eigenvalue weighted by Gasteiger charge is -1.99. The van der Waals surface area contributed by atoms with Gasteiger partial charge in [-0.3, -0.25) is 0 Å². The molecule has 0 amide bonds. The van der Waals surface area contributed by atoms with Crippen molar-refractivity contribution >= 4 is 12.0 Å². The zero-order valence-corrected chi connectivity index (χ0v) is 7.74. The van der Waals surface area contributed by atoms with Crippen molar-refractivity contribution in [3.63, 3.8) is 0 Å². The molecule has 0 bridgehead atoms. The molecule has 70 valence electrons. The van der Waals surface area contributed by atoms with E-state index in [1.54, 1.807) is 24.5 Å². The van der Waals surface area contributed by atoms with Gasteiger partial charge in [0, 0.05) is 5.57 Å². The van der Waals surface area contributed by atoms with Crippen LogP contribution in [0.15, 0.2) is 28.4 Å². The molecule has 0 aromatic carbocycles. The lowest BCUT2D eigenvalue weighted by atomic mass is 10.2. The van der Waals surface area contributed by atoms with Crippen LogP contribution >= 0.6 is 0 Å². The Bertz CT molecular complexity index is 296. The number of hydrogen-bond donors (Lipinski definition) is 0. The minimum atomic E-state index is -0.307. The first kappa shape index (κ1) is 9.58. The van der Waals surface area contributed by atoms with Crippen molar-refractivity contribution in [3.05, 3.63) is 29.7 Å². The summed E-state index contributed by atoms with van der Waals surface area (Å²) in [5.74, 6) is 0.362. The molecule has 0 aliphatic carbocycles. The van der Waals surface area contributed by atoms with E-state index in [2.05, 4.69) is 4.74 Å². The van der Waals surface area contributed by atoms with E-state index in [9.17, 15) is 4.79 Å². The number of hydrogen-bond acceptors (Lipinski definition) is 3. The van der Waals surface area contributed by atoms with Gasteiger partial charge in [0.1, 0.15) is 5.76 Å². The highest BCUT2D eigenvalue weighted by atomic mass is 16.5. The lowest BCUT2D eigenvalue weighted by Crippen LogP contribution is -2.03. The second-order valence-electron chi connectivity index (χ2n) is 2.53. The summed E-state index contributed by atoms with van der Waals surface area (Å²) in [6.45, 7) is 1.89. The van der Waals surface area contributed by atoms with Gasteiger partial charge in [-0.25, -0.2) is 4.79 Å². The summed E-state index contributed by atoms with van der Waals surface area (Å²) in [5.41, 5.74) is 0.609. The first-order valence-corrected chi connectivity index (χ1v) is 4.10. The van der Waals surface area contributed by atoms with E-state index >= 15 is 0 Å². The first-order valence-electron chi connectivity index (χ1n) is 4.10. The zero-order valence-electron chi connectivity index (χ0n) is 7.74. The standard InChI is InChI=1S/C10H12O3/c1-3-8(10(11)12-2)7-9-5-4-6-13-9/h4-7H,3H2,1-2H3/b8-7+. The van der Waals surface area contributed by atoms with E-state index < -0.39 is 0 Å². The predicted molar refractivity (Wildman–Crippen MR) is 49.0 cm³/mol. The molecule has 0 fully saturated rings. The number of carbonyl (C=O) groups is 1. The Morgan fingerprint density at radius 2 is 2.46 bits per heavy atom. The monoisotopic (exact) mass is 180 g/mol. The minimum Gasteiger partial charge on any atom is -0.466 e. The van der Waals surface area contributed by atoms with Crippen molar-refractivity contribution in [1.82, 2.24) is 0 Å². The van der Waals surface area contributed by atoms with Gasteiger partial charge in [-0.2, -0.15) is 0 Å². The van der Waals surface area contributed by atoms with Crippen LogP contribution in [0.2, 0.25) is 0 Å². The molecule has 13 heavy (non-hydrogen) atoms. The van der Waals surface area contributed by atoms with Crippen LogP contribution in [-0.4, -0.2) is 13.1 Å². The summed E-state index contributed by atoms with van der Waals surface area (Å²) in [6, 6.07) is 3.56. The number of furan rings is 1. The van der Waals surface area contributed by atoms with Gasteiger partial charge in [0.2, 0.25) is 0 Å². The normalized spacial score (nSPS) is 11.4. The van der Waals surface area contributed by atoms with Crippen molar-refractivity contribution in [2.45, 2.75) is 13.3 Å². The van der Waals surface area contributed by atoms with Gasteiger partial charge in [0.25, 0.3) is 0 Å². The van der Waals surface area contributed by atoms with Crippen molar-refractivity contribution in [2.75, 3.05) is 7.11 Å². The van der Waals surface area contributed by atoms with E-state index in [1.165, 1.54) is 7.11 Å². The largest absolute Gasteiger partial charge is 0.466 e. The van der Waals surface area contributed by atoms with E-state index in [1.807, 2.05) is 6.92 Å². The molecule has 1 heterocycles. The third-order valence-corrected chi connectivity index (χ3v) is 1.69. The highest BCUT2D eigenvalue weighted by Gasteiger charge is 2.07. The van der Waals surface area contributed by atoms with E-state index in [4.69, 9.17) is 4.42 Å². The topological polar surface area (TPSA) is 39.4 Å². The van der Waals surface area contributed by atoms with Gasteiger partial charge in [-0.1, -0.05) is 6.92 Å². The summed E-state index contributed by atoms with van der Waals surface area (Å²) in [5, 5.41) is 0. The maximum absolute atomic E-state index is 11.1. The van der Waals surface area contributed by atoms with Crippen LogP contribution in [0.25, 0.3) is 6.08 Å². The number of rotatable bonds is 3. The molecular formula is C10H12O3. The van der Waals surface area contributed by atoms with Crippen molar-refractivity contribution in [2.24, 2.45) is 0 Å². The molecule has 1 aromatic rings. The lowest BCUT2D eigenvalue weighted by molar-refractivity contribution is -0.136. The Kier molecular flexibility index (Phi) is 3.31. The van der Waals surface area contributed by atoms with Crippen molar-refractivity contribution in [1.29, 1.82) is 0 Å². The number of methoxy groups -OCH3 is 1. The predicted octanol–water partition coefficient (Wildman–Crippen LogP) is 2.25. The second-order valence-corrected chi connectivity index (χ2v) is 2.53. The molecule has 1 rings (SSSR count). The maximum atomic E-state index is 11.1. The molecular weight excluding hydrogens is 168 g/mol. The van der Waals surface area contributed by atoms with Crippen molar-refractivity contribution in [3.8, 4) is 0 Å². The van der Waals surface area contributed by atoms with Crippen molar-refractivity contribution < 1.29 is 13.9 Å². The number of esters is 1. The van der Waals surface area contributed by atoms with Crippen LogP contribution in [0, 0.1) is 0 Å². The molecule has 0 atom stereocenters. The van der Waals surface area contributed by atoms with Gasteiger partial charge >= 0.3 is 5.97 Å². The minimum absolute atomic E-state index is 0.307. The Labute approximate surface area is 77.0 Å². The fourth-order valence-corrected chi connectivity index (χ4v) is 0.982. The quantitative estimate of drug-likeness (QED) is 0.529. The fourth-order valence-electron chi connectivity index (χ4n) is 0.982. The zero-order chi connectivity index (χ0) is 9.68. The van der Waals surface area contributed by atoms with E-state index in [0.717, 1.165) is 0 Å². The number of ether oxygens (including phenoxy) is 1. The Morgan fingerprint density at radius 1 is 1.69 bits per heavy atom. The number of carbonyl (C=O) groups excluding carboxylic acids is 1. The molecule has 3 heteroatoms. The Balaban J connectivity index is 2.83. The molecule has 0 radical (unpaired) electrons. The molecule has 0 aliphatic heterocycles. The van der Waals surface area contributed by atoms with Gasteiger partial charge in [-0.15, -0.1) is 0 Å². The van der Waals surface area contributed by atoms with Gasteiger partial charge in [0.15, 0.2) is 0 Å². The molecule has 0 saturated carbocycles. The van der Waals surface area contributed by atoms with Crippen LogP contribution in [0.1, 0.15) is 19.1 Å². The highest BCUT2D eigenvalue weighted by Crippen LogP contribution is 2.11. The van der Waals surface area contributed by atoms with Crippen LogP contribution in [0.4, 0.5) is 0 Å². The Hall–Kier alpha value is -1.51. The summed E-state index contributed by atoms with van der Waals surface area (Å²) < 4.78 is 9.68. The molecule has 0 N–H and O–H groups in total. The third-order valence-electron chi connectivity index (χ3n) is 1.69. The van der Waals surface area contributed by atoms with Crippen LogP contribution in [-0.2, 0) is 9.53 Å². The van der Waals surface area contributed by atoms with Crippen LogP contribution < -0.4 is 0 Å². The molecule has 0 aliphatic rings. The maximum Gasteiger partial charge on any atom is 0.333 e. The molecule has 0 unspecified atom stereocenters. The van der Waals surface area contributed by atoms with E-state index in [0.29, 0.717) is 17.8 Å². The summed E-state index contributed by atoms with van der Waals surface area (Å²) in [7, 11) is 1.37. The van der Waals surface area contributed by atoms with E-state index in [-0.39, 0.29) is 5.97 Å². The summed E-state index contributed by atoms with van der Waals surface area (Å²) in [6.07, 6.45) is 3.88. The Morgan fingerprint density at radius 3 is 2.92 bits per heavy atom. The SMILES string of the molecule is CC/C(=C\c1ccco1)C(=O)OC. The molecule has 3 nitrogen and oxygen atoms in total. The first-order chi connectivity index (χ1) is 6.27. The average Bonchev–Trinajstić information content (AvgIpc) is 2.65. The third kappa shape index (κ3) is 2.47. The van der Waals surface area contributed by atoms with Crippen LogP contribution in [0.3, 0.4) is 0 Å². The average molecular weight is 180 g/mol. The molecule has 1 aromatic heterocycles. The highest BCUT2D eigenvalue weighted by molar-refractivity contribution is 5.93. The molecule has 0 saturated heterocycles. The fraction of sp³-hybridized carbons (Fsp3) is 0.300. The van der Waals surface area contributed by atoms with Gasteiger partial charge < -0.3 is 9.15 Å². The second kappa shape index (κ2) is 4.50. The summed E-state index contributed by atoms with van der Waals surface area (Å²) >= 11 is 0. The van der Waals surface area contributed by atoms with Gasteiger partial charge in [0.05, 0.1) is 13.4 Å². The van der Waals surface area contributed by atoms with Gasteiger partial charge in [-0.05, 0) is 24.6 Å². The van der Waals surface area contributed by atoms with Crippen LogP contribution in [0.5, 0.6) is 0 Å². The molecule has 0 spiro atoms. The summed E-state index contributed by atoms with van der Waals surface area (Å²) in [4.78, 5) is 11.1.